The Hall–Kier alpha value is -3.39. The van der Waals surface area contributed by atoms with Crippen molar-refractivity contribution in [3.63, 3.8) is 0 Å². The molecule has 1 aliphatic rings. The van der Waals surface area contributed by atoms with Crippen LogP contribution >= 0.6 is 0 Å². The normalized spacial score (nSPS) is 15.1. The molecule has 0 aromatic heterocycles. The molecule has 0 saturated carbocycles. The Labute approximate surface area is 186 Å². The second kappa shape index (κ2) is 9.82. The SMILES string of the molecule is CCCC(C)(NC(=O)OCC1c2ccccc2-c2ccccc21)C(=O)NOC(C)C(=O)O. The molecular weight excluding hydrogens is 412 g/mol. The molecule has 8 nitrogen and oxygen atoms in total. The standard InChI is InChI=1S/C24H28N2O6/c1-4-13-24(3,22(29)26-32-15(2)21(27)28)25-23(30)31-14-20-18-11-7-5-9-16(18)17-10-6-8-12-19(17)20/h5-12,15,20H,4,13-14H2,1-3H3,(H,25,30)(H,26,29)(H,27,28). The molecule has 2 atom stereocenters. The lowest BCUT2D eigenvalue weighted by atomic mass is 9.95. The first kappa shape index (κ1) is 23.3. The number of carbonyl (C=O) groups is 3. The highest BCUT2D eigenvalue weighted by Gasteiger charge is 2.36. The topological polar surface area (TPSA) is 114 Å². The van der Waals surface area contributed by atoms with Gasteiger partial charge in [0.15, 0.2) is 6.10 Å². The van der Waals surface area contributed by atoms with E-state index in [0.717, 1.165) is 22.3 Å². The average molecular weight is 440 g/mol. The lowest BCUT2D eigenvalue weighted by Crippen LogP contribution is -2.57. The van der Waals surface area contributed by atoms with Gasteiger partial charge in [-0.25, -0.2) is 15.1 Å². The van der Waals surface area contributed by atoms with Gasteiger partial charge in [0, 0.05) is 5.92 Å². The third-order valence-corrected chi connectivity index (χ3v) is 5.65. The maximum Gasteiger partial charge on any atom is 0.408 e. The van der Waals surface area contributed by atoms with Gasteiger partial charge in [0.2, 0.25) is 0 Å². The van der Waals surface area contributed by atoms with Crippen LogP contribution in [-0.4, -0.2) is 41.3 Å². The molecule has 2 aromatic carbocycles. The van der Waals surface area contributed by atoms with Gasteiger partial charge in [-0.3, -0.25) is 9.63 Å². The van der Waals surface area contributed by atoms with Crippen molar-refractivity contribution < 1.29 is 29.1 Å². The lowest BCUT2D eigenvalue weighted by Gasteiger charge is -2.29. The van der Waals surface area contributed by atoms with E-state index in [-0.39, 0.29) is 12.5 Å². The number of rotatable bonds is 9. The third kappa shape index (κ3) is 4.91. The number of carboxylic acid groups (broad SMARTS) is 1. The molecule has 3 N–H and O–H groups in total. The number of hydrogen-bond donors (Lipinski definition) is 3. The third-order valence-electron chi connectivity index (χ3n) is 5.65. The molecule has 0 radical (unpaired) electrons. The van der Waals surface area contributed by atoms with Crippen molar-refractivity contribution in [1.29, 1.82) is 0 Å². The van der Waals surface area contributed by atoms with Crippen molar-refractivity contribution in [2.45, 2.75) is 51.2 Å². The average Bonchev–Trinajstić information content (AvgIpc) is 3.09. The number of hydrogen-bond acceptors (Lipinski definition) is 5. The summed E-state index contributed by atoms with van der Waals surface area (Å²) in [6.45, 7) is 4.82. The monoisotopic (exact) mass is 440 g/mol. The van der Waals surface area contributed by atoms with Crippen molar-refractivity contribution in [3.8, 4) is 11.1 Å². The van der Waals surface area contributed by atoms with Crippen molar-refractivity contribution in [2.75, 3.05) is 6.61 Å². The fraction of sp³-hybridized carbons (Fsp3) is 0.375. The first-order valence-electron chi connectivity index (χ1n) is 10.6. The van der Waals surface area contributed by atoms with Crippen LogP contribution in [0, 0.1) is 0 Å². The van der Waals surface area contributed by atoms with Gasteiger partial charge in [-0.05, 0) is 42.5 Å². The summed E-state index contributed by atoms with van der Waals surface area (Å²) in [6, 6.07) is 16.0. The van der Waals surface area contributed by atoms with Gasteiger partial charge in [-0.15, -0.1) is 0 Å². The highest BCUT2D eigenvalue weighted by Crippen LogP contribution is 2.44. The molecule has 170 valence electrons. The van der Waals surface area contributed by atoms with E-state index in [1.165, 1.54) is 6.92 Å². The fourth-order valence-electron chi connectivity index (χ4n) is 3.90. The Balaban J connectivity index is 1.66. The summed E-state index contributed by atoms with van der Waals surface area (Å²) in [4.78, 5) is 41.0. The second-order valence-corrected chi connectivity index (χ2v) is 8.06. The van der Waals surface area contributed by atoms with E-state index in [2.05, 4.69) is 22.9 Å². The van der Waals surface area contributed by atoms with Gasteiger partial charge < -0.3 is 15.2 Å². The molecule has 2 unspecified atom stereocenters. The zero-order valence-electron chi connectivity index (χ0n) is 18.4. The predicted octanol–water partition coefficient (Wildman–Crippen LogP) is 3.60. The number of benzene rings is 2. The van der Waals surface area contributed by atoms with Crippen LogP contribution in [0.5, 0.6) is 0 Å². The molecule has 0 saturated heterocycles. The van der Waals surface area contributed by atoms with Gasteiger partial charge >= 0.3 is 12.1 Å². The molecule has 2 amide bonds. The molecule has 0 spiro atoms. The van der Waals surface area contributed by atoms with E-state index in [1.54, 1.807) is 6.92 Å². The minimum atomic E-state index is -1.32. The number of nitrogens with one attached hydrogen (secondary N) is 2. The molecule has 2 aromatic rings. The maximum atomic E-state index is 12.6. The van der Waals surface area contributed by atoms with E-state index in [1.807, 2.05) is 43.3 Å². The zero-order valence-corrected chi connectivity index (χ0v) is 18.4. The van der Waals surface area contributed by atoms with E-state index in [0.29, 0.717) is 12.8 Å². The summed E-state index contributed by atoms with van der Waals surface area (Å²) >= 11 is 0. The number of hydroxylamine groups is 1. The summed E-state index contributed by atoms with van der Waals surface area (Å²) in [6.07, 6.45) is -1.04. The summed E-state index contributed by atoms with van der Waals surface area (Å²) in [7, 11) is 0. The zero-order chi connectivity index (χ0) is 23.3. The summed E-state index contributed by atoms with van der Waals surface area (Å²) in [5.74, 6) is -1.97. The molecule has 0 aliphatic heterocycles. The van der Waals surface area contributed by atoms with Crippen LogP contribution in [-0.2, 0) is 19.2 Å². The van der Waals surface area contributed by atoms with Gasteiger partial charge in [-0.1, -0.05) is 61.9 Å². The summed E-state index contributed by atoms with van der Waals surface area (Å²) in [5, 5.41) is 11.5. The van der Waals surface area contributed by atoms with E-state index in [4.69, 9.17) is 14.7 Å². The van der Waals surface area contributed by atoms with Crippen LogP contribution in [0.2, 0.25) is 0 Å². The summed E-state index contributed by atoms with van der Waals surface area (Å²) < 4.78 is 5.53. The number of carboxylic acids is 1. The molecule has 0 heterocycles. The number of carbonyl (C=O) groups excluding carboxylic acids is 2. The Morgan fingerprint density at radius 1 is 1.06 bits per heavy atom. The fourth-order valence-corrected chi connectivity index (χ4v) is 3.90. The molecule has 0 fully saturated rings. The van der Waals surface area contributed by atoms with Gasteiger partial charge in [-0.2, -0.15) is 0 Å². The Morgan fingerprint density at radius 3 is 2.16 bits per heavy atom. The molecule has 8 heteroatoms. The number of alkyl carbamates (subject to hydrolysis) is 1. The quantitative estimate of drug-likeness (QED) is 0.514. The van der Waals surface area contributed by atoms with Crippen molar-refractivity contribution in [2.24, 2.45) is 0 Å². The van der Waals surface area contributed by atoms with Crippen molar-refractivity contribution in [3.05, 3.63) is 59.7 Å². The van der Waals surface area contributed by atoms with E-state index < -0.39 is 29.6 Å². The van der Waals surface area contributed by atoms with Gasteiger partial charge in [0.1, 0.15) is 12.1 Å². The van der Waals surface area contributed by atoms with Crippen LogP contribution < -0.4 is 10.8 Å². The first-order valence-corrected chi connectivity index (χ1v) is 10.6. The number of aliphatic carboxylic acids is 1. The van der Waals surface area contributed by atoms with Crippen LogP contribution in [0.25, 0.3) is 11.1 Å². The molecule has 3 rings (SSSR count). The molecule has 32 heavy (non-hydrogen) atoms. The molecular formula is C24H28N2O6. The lowest BCUT2D eigenvalue weighted by molar-refractivity contribution is -0.161. The van der Waals surface area contributed by atoms with Crippen LogP contribution in [0.4, 0.5) is 4.79 Å². The maximum absolute atomic E-state index is 12.6. The van der Waals surface area contributed by atoms with Gasteiger partial charge in [0.05, 0.1) is 0 Å². The minimum Gasteiger partial charge on any atom is -0.479 e. The highest BCUT2D eigenvalue weighted by molar-refractivity contribution is 5.89. The smallest absolute Gasteiger partial charge is 0.408 e. The van der Waals surface area contributed by atoms with Crippen molar-refractivity contribution >= 4 is 18.0 Å². The van der Waals surface area contributed by atoms with E-state index in [9.17, 15) is 14.4 Å². The predicted molar refractivity (Wildman–Crippen MR) is 118 cm³/mol. The van der Waals surface area contributed by atoms with Gasteiger partial charge in [0.25, 0.3) is 5.91 Å². The Morgan fingerprint density at radius 2 is 1.62 bits per heavy atom. The van der Waals surface area contributed by atoms with Crippen LogP contribution in [0.15, 0.2) is 48.5 Å². The van der Waals surface area contributed by atoms with E-state index >= 15 is 0 Å². The second-order valence-electron chi connectivity index (χ2n) is 8.06. The minimum absolute atomic E-state index is 0.0980. The number of ether oxygens (including phenoxy) is 1. The molecule has 0 bridgehead atoms. The van der Waals surface area contributed by atoms with Crippen LogP contribution in [0.1, 0.15) is 50.7 Å². The Bertz CT molecular complexity index is 962. The molecule has 1 aliphatic carbocycles. The van der Waals surface area contributed by atoms with Crippen LogP contribution in [0.3, 0.4) is 0 Å². The van der Waals surface area contributed by atoms with Crippen molar-refractivity contribution in [1.82, 2.24) is 10.8 Å². The summed E-state index contributed by atoms with van der Waals surface area (Å²) in [5.41, 5.74) is 5.23. The largest absolute Gasteiger partial charge is 0.479 e. The number of fused-ring (bicyclic) bond motifs is 3. The highest BCUT2D eigenvalue weighted by atomic mass is 16.7. The number of amides is 2. The Kier molecular flexibility index (Phi) is 7.15. The first-order chi connectivity index (χ1) is 15.3.